The maximum atomic E-state index is 5.94. The number of nitrogens with two attached hydrogens (primary N) is 1. The average Bonchev–Trinajstić information content (AvgIpc) is 3.01. The first-order valence-electron chi connectivity index (χ1n) is 7.64. The van der Waals surface area contributed by atoms with E-state index in [1.165, 1.54) is 0 Å². The van der Waals surface area contributed by atoms with Crippen LogP contribution < -0.4 is 26.0 Å². The summed E-state index contributed by atoms with van der Waals surface area (Å²) in [5.41, 5.74) is 5.88. The van der Waals surface area contributed by atoms with Crippen LogP contribution in [0.25, 0.3) is 0 Å². The number of rotatable bonds is 4. The van der Waals surface area contributed by atoms with Crippen LogP contribution in [0, 0.1) is 0 Å². The second kappa shape index (κ2) is 6.13. The molecule has 4 N–H and O–H groups in total. The van der Waals surface area contributed by atoms with Gasteiger partial charge in [0.15, 0.2) is 11.6 Å². The van der Waals surface area contributed by atoms with Crippen molar-refractivity contribution in [2.24, 2.45) is 0 Å². The lowest BCUT2D eigenvalue weighted by Gasteiger charge is -2.32. The maximum Gasteiger partial charge on any atom is 0.224 e. The van der Waals surface area contributed by atoms with E-state index < -0.39 is 0 Å². The third-order valence-electron chi connectivity index (χ3n) is 4.43. The van der Waals surface area contributed by atoms with Crippen LogP contribution in [0.5, 0.6) is 5.75 Å². The maximum absolute atomic E-state index is 5.94. The zero-order valence-corrected chi connectivity index (χ0v) is 13.3. The van der Waals surface area contributed by atoms with Gasteiger partial charge in [-0.2, -0.15) is 9.97 Å². The molecule has 22 heavy (non-hydrogen) atoms. The summed E-state index contributed by atoms with van der Waals surface area (Å²) in [4.78, 5) is 10.9. The zero-order chi connectivity index (χ0) is 15.7. The van der Waals surface area contributed by atoms with Crippen molar-refractivity contribution in [2.45, 2.75) is 31.5 Å². The Balaban J connectivity index is 1.86. The lowest BCUT2D eigenvalue weighted by Crippen LogP contribution is -2.42. The van der Waals surface area contributed by atoms with Crippen molar-refractivity contribution in [1.29, 1.82) is 0 Å². The van der Waals surface area contributed by atoms with E-state index in [2.05, 4.69) is 25.5 Å². The molecule has 1 aromatic heterocycles. The van der Waals surface area contributed by atoms with Crippen molar-refractivity contribution in [1.82, 2.24) is 15.3 Å². The van der Waals surface area contributed by atoms with E-state index in [4.69, 9.17) is 15.2 Å². The molecule has 0 amide bonds. The molecule has 122 valence electrons. The fourth-order valence-electron chi connectivity index (χ4n) is 2.90. The quantitative estimate of drug-likeness (QED) is 0.719. The van der Waals surface area contributed by atoms with Gasteiger partial charge in [0.2, 0.25) is 11.7 Å². The van der Waals surface area contributed by atoms with Crippen LogP contribution >= 0.6 is 0 Å². The molecule has 0 unspecified atom stereocenters. The van der Waals surface area contributed by atoms with E-state index in [0.29, 0.717) is 24.2 Å². The highest BCUT2D eigenvalue weighted by molar-refractivity contribution is 5.69. The third-order valence-corrected chi connectivity index (χ3v) is 4.43. The first-order valence-corrected chi connectivity index (χ1v) is 7.64. The highest BCUT2D eigenvalue weighted by Crippen LogP contribution is 2.38. The van der Waals surface area contributed by atoms with Gasteiger partial charge in [0.25, 0.3) is 0 Å². The van der Waals surface area contributed by atoms with Crippen molar-refractivity contribution in [3.05, 3.63) is 0 Å². The minimum atomic E-state index is 0.0215. The van der Waals surface area contributed by atoms with E-state index in [1.54, 1.807) is 7.11 Å². The Morgan fingerprint density at radius 1 is 1.50 bits per heavy atom. The number of fused-ring (bicyclic) bond motifs is 1. The van der Waals surface area contributed by atoms with Gasteiger partial charge in [-0.1, -0.05) is 0 Å². The molecule has 2 aliphatic heterocycles. The molecule has 0 bridgehead atoms. The van der Waals surface area contributed by atoms with Crippen LogP contribution in [0.2, 0.25) is 0 Å². The molecule has 8 nitrogen and oxygen atoms in total. The summed E-state index contributed by atoms with van der Waals surface area (Å²) >= 11 is 0. The fraction of sp³-hybridized carbons (Fsp3) is 0.714. The van der Waals surface area contributed by atoms with Gasteiger partial charge in [-0.05, 0) is 20.4 Å². The van der Waals surface area contributed by atoms with Crippen LogP contribution in [0.1, 0.15) is 13.3 Å². The van der Waals surface area contributed by atoms with E-state index in [-0.39, 0.29) is 18.1 Å². The Hall–Kier alpha value is -1.80. The lowest BCUT2D eigenvalue weighted by molar-refractivity contribution is 0.0804. The number of hydrogen-bond acceptors (Lipinski definition) is 8. The number of nitrogen functional groups attached to an aromatic ring is 1. The molecule has 1 aromatic rings. The fourth-order valence-corrected chi connectivity index (χ4v) is 2.90. The Morgan fingerprint density at radius 2 is 2.32 bits per heavy atom. The molecule has 0 aliphatic carbocycles. The van der Waals surface area contributed by atoms with Gasteiger partial charge in [-0.15, -0.1) is 0 Å². The van der Waals surface area contributed by atoms with Gasteiger partial charge in [-0.3, -0.25) is 0 Å². The van der Waals surface area contributed by atoms with E-state index in [9.17, 15) is 0 Å². The summed E-state index contributed by atoms with van der Waals surface area (Å²) in [6, 6.07) is 0.507. The molecule has 3 atom stereocenters. The Bertz CT molecular complexity index is 540. The number of nitrogens with zero attached hydrogens (tertiary/aromatic N) is 3. The monoisotopic (exact) mass is 308 g/mol. The van der Waals surface area contributed by atoms with Gasteiger partial charge in [0, 0.05) is 26.2 Å². The molecular weight excluding hydrogens is 284 g/mol. The first-order chi connectivity index (χ1) is 10.6. The molecule has 8 heteroatoms. The van der Waals surface area contributed by atoms with E-state index in [1.807, 2.05) is 14.0 Å². The number of ether oxygens (including phenoxy) is 2. The molecule has 1 fully saturated rings. The first kappa shape index (κ1) is 15.1. The van der Waals surface area contributed by atoms with Gasteiger partial charge < -0.3 is 30.7 Å². The minimum Gasteiger partial charge on any atom is -0.484 e. The highest BCUT2D eigenvalue weighted by Gasteiger charge is 2.32. The topological polar surface area (TPSA) is 97.6 Å². The number of nitrogens with one attached hydrogen (secondary N) is 2. The summed E-state index contributed by atoms with van der Waals surface area (Å²) in [6.07, 6.45) is 1.10. The predicted octanol–water partition coefficient (Wildman–Crippen LogP) is 0.0647. The second-order valence-corrected chi connectivity index (χ2v) is 5.81. The summed E-state index contributed by atoms with van der Waals surface area (Å²) in [5, 5.41) is 6.65. The Labute approximate surface area is 130 Å². The largest absolute Gasteiger partial charge is 0.484 e. The van der Waals surface area contributed by atoms with Gasteiger partial charge in [0.05, 0.1) is 12.1 Å². The van der Waals surface area contributed by atoms with E-state index in [0.717, 1.165) is 25.3 Å². The Kier molecular flexibility index (Phi) is 4.21. The predicted molar refractivity (Wildman–Crippen MR) is 85.5 cm³/mol. The molecule has 3 heterocycles. The molecule has 0 spiro atoms. The summed E-state index contributed by atoms with van der Waals surface area (Å²) < 4.78 is 11.3. The minimum absolute atomic E-state index is 0.0215. The number of likely N-dealkylation sites (N-methyl/N-ethyl adjacent to an activating group) is 1. The summed E-state index contributed by atoms with van der Waals surface area (Å²) in [7, 11) is 3.66. The van der Waals surface area contributed by atoms with Crippen molar-refractivity contribution >= 4 is 17.6 Å². The number of methoxy groups -OCH3 is 1. The van der Waals surface area contributed by atoms with Gasteiger partial charge in [0.1, 0.15) is 6.61 Å². The number of aromatic nitrogens is 2. The summed E-state index contributed by atoms with van der Waals surface area (Å²) in [5.74, 6) is 2.36. The lowest BCUT2D eigenvalue weighted by atomic mass is 10.1. The SMILES string of the molecule is CN[C@@H]1CCN(c2nc(N)nc3c2OC[C@@H]([C@H](C)OC)N3)C1. The van der Waals surface area contributed by atoms with Gasteiger partial charge >= 0.3 is 0 Å². The third kappa shape index (κ3) is 2.76. The standard InChI is InChI=1S/C14H24N6O2/c1-8(21-3)10-7-22-11-12(17-10)18-14(15)19-13(11)20-5-4-9(6-20)16-2/h8-10,16H,4-7H2,1-3H3,(H3,15,17,18,19)/t8-,9+,10-/m0/s1. The molecular formula is C14H24N6O2. The highest BCUT2D eigenvalue weighted by atomic mass is 16.5. The number of hydrogen-bond donors (Lipinski definition) is 3. The molecule has 3 rings (SSSR count). The molecule has 0 aromatic carbocycles. The average molecular weight is 308 g/mol. The molecule has 2 aliphatic rings. The van der Waals surface area contributed by atoms with Crippen molar-refractivity contribution in [2.75, 3.05) is 49.8 Å². The van der Waals surface area contributed by atoms with Crippen LogP contribution in [-0.2, 0) is 4.74 Å². The second-order valence-electron chi connectivity index (χ2n) is 5.81. The van der Waals surface area contributed by atoms with Crippen molar-refractivity contribution in [3.63, 3.8) is 0 Å². The van der Waals surface area contributed by atoms with Crippen molar-refractivity contribution in [3.8, 4) is 5.75 Å². The molecule has 1 saturated heterocycles. The smallest absolute Gasteiger partial charge is 0.224 e. The normalized spacial score (nSPS) is 25.3. The van der Waals surface area contributed by atoms with Crippen molar-refractivity contribution < 1.29 is 9.47 Å². The van der Waals surface area contributed by atoms with Crippen LogP contribution in [-0.4, -0.2) is 62.0 Å². The molecule has 0 radical (unpaired) electrons. The molecule has 0 saturated carbocycles. The van der Waals surface area contributed by atoms with Crippen LogP contribution in [0.3, 0.4) is 0 Å². The number of anilines is 3. The van der Waals surface area contributed by atoms with E-state index >= 15 is 0 Å². The van der Waals surface area contributed by atoms with Gasteiger partial charge in [-0.25, -0.2) is 0 Å². The zero-order valence-electron chi connectivity index (χ0n) is 13.3. The summed E-state index contributed by atoms with van der Waals surface area (Å²) in [6.45, 7) is 4.33. The van der Waals surface area contributed by atoms with Crippen LogP contribution in [0.15, 0.2) is 0 Å². The van der Waals surface area contributed by atoms with Crippen LogP contribution in [0.4, 0.5) is 17.6 Å². The Morgan fingerprint density at radius 3 is 3.00 bits per heavy atom.